The fourth-order valence-corrected chi connectivity index (χ4v) is 2.05. The van der Waals surface area contributed by atoms with Crippen molar-refractivity contribution in [3.05, 3.63) is 28.7 Å². The first-order chi connectivity index (χ1) is 7.68. The highest BCUT2D eigenvalue weighted by molar-refractivity contribution is 9.10. The molecule has 1 aliphatic heterocycles. The summed E-state index contributed by atoms with van der Waals surface area (Å²) in [6.07, 6.45) is 1.51. The first kappa shape index (κ1) is 11.9. The fraction of sp³-hybridized carbons (Fsp3) is 0.500. The first-order valence-corrected chi connectivity index (χ1v) is 6.29. The van der Waals surface area contributed by atoms with E-state index in [4.69, 9.17) is 4.74 Å². The Balaban J connectivity index is 1.88. The number of benzene rings is 1. The first-order valence-electron chi connectivity index (χ1n) is 5.49. The third-order valence-electron chi connectivity index (χ3n) is 2.86. The second-order valence-corrected chi connectivity index (χ2v) is 5.13. The lowest BCUT2D eigenvalue weighted by atomic mass is 9.94. The number of nitrogens with one attached hydrogen (secondary N) is 1. The van der Waals surface area contributed by atoms with Crippen molar-refractivity contribution in [2.24, 2.45) is 0 Å². The molecule has 16 heavy (non-hydrogen) atoms. The zero-order valence-electron chi connectivity index (χ0n) is 9.08. The normalized spacial score (nSPS) is 19.4. The van der Waals surface area contributed by atoms with Gasteiger partial charge in [-0.15, -0.1) is 0 Å². The molecule has 0 spiro atoms. The van der Waals surface area contributed by atoms with Gasteiger partial charge in [-0.05, 0) is 50.2 Å². The fourth-order valence-electron chi connectivity index (χ4n) is 1.78. The molecule has 2 N–H and O–H groups in total. The van der Waals surface area contributed by atoms with Crippen LogP contribution in [0.15, 0.2) is 28.7 Å². The van der Waals surface area contributed by atoms with Crippen molar-refractivity contribution in [2.75, 3.05) is 19.7 Å². The largest absolute Gasteiger partial charge is 0.491 e. The van der Waals surface area contributed by atoms with Crippen LogP contribution >= 0.6 is 15.9 Å². The van der Waals surface area contributed by atoms with Gasteiger partial charge in [-0.2, -0.15) is 0 Å². The van der Waals surface area contributed by atoms with Gasteiger partial charge in [-0.3, -0.25) is 0 Å². The van der Waals surface area contributed by atoms with Gasteiger partial charge in [0, 0.05) is 4.47 Å². The molecule has 0 amide bonds. The van der Waals surface area contributed by atoms with Crippen molar-refractivity contribution >= 4 is 15.9 Å². The zero-order valence-corrected chi connectivity index (χ0v) is 10.7. The van der Waals surface area contributed by atoms with Gasteiger partial charge in [0.05, 0.1) is 0 Å². The molecule has 1 aromatic carbocycles. The summed E-state index contributed by atoms with van der Waals surface area (Å²) >= 11 is 3.37. The third-order valence-corrected chi connectivity index (χ3v) is 3.38. The topological polar surface area (TPSA) is 41.5 Å². The molecular weight excluding hydrogens is 270 g/mol. The van der Waals surface area contributed by atoms with Gasteiger partial charge in [-0.25, -0.2) is 0 Å². The van der Waals surface area contributed by atoms with Crippen LogP contribution in [0.2, 0.25) is 0 Å². The van der Waals surface area contributed by atoms with Crippen LogP contribution in [0.4, 0.5) is 0 Å². The number of rotatable bonds is 3. The van der Waals surface area contributed by atoms with E-state index >= 15 is 0 Å². The molecule has 0 atom stereocenters. The molecule has 1 saturated heterocycles. The molecule has 1 heterocycles. The van der Waals surface area contributed by atoms with Crippen LogP contribution in [0.1, 0.15) is 12.8 Å². The molecule has 0 aromatic heterocycles. The summed E-state index contributed by atoms with van der Waals surface area (Å²) in [5, 5.41) is 13.4. The summed E-state index contributed by atoms with van der Waals surface area (Å²) < 4.78 is 6.63. The van der Waals surface area contributed by atoms with Crippen molar-refractivity contribution in [2.45, 2.75) is 18.4 Å². The van der Waals surface area contributed by atoms with Gasteiger partial charge in [0.2, 0.25) is 0 Å². The maximum absolute atomic E-state index is 10.2. The molecule has 1 aromatic rings. The Morgan fingerprint density at radius 3 is 2.50 bits per heavy atom. The Morgan fingerprint density at radius 1 is 1.25 bits per heavy atom. The number of aliphatic hydroxyl groups is 1. The molecule has 1 fully saturated rings. The molecule has 0 bridgehead atoms. The Labute approximate surface area is 104 Å². The molecular formula is C12H16BrNO2. The minimum atomic E-state index is -0.668. The summed E-state index contributed by atoms with van der Waals surface area (Å²) in [6, 6.07) is 7.66. The van der Waals surface area contributed by atoms with E-state index in [9.17, 15) is 5.11 Å². The second-order valence-electron chi connectivity index (χ2n) is 4.22. The second kappa shape index (κ2) is 5.17. The van der Waals surface area contributed by atoms with Crippen LogP contribution in [-0.2, 0) is 0 Å². The quantitative estimate of drug-likeness (QED) is 0.892. The SMILES string of the molecule is OC1(COc2ccc(Br)cc2)CCNCC1. The minimum Gasteiger partial charge on any atom is -0.491 e. The van der Waals surface area contributed by atoms with E-state index in [2.05, 4.69) is 21.2 Å². The molecule has 0 saturated carbocycles. The molecule has 88 valence electrons. The average molecular weight is 286 g/mol. The van der Waals surface area contributed by atoms with Crippen LogP contribution in [0.25, 0.3) is 0 Å². The number of hydrogen-bond acceptors (Lipinski definition) is 3. The Morgan fingerprint density at radius 2 is 1.88 bits per heavy atom. The van der Waals surface area contributed by atoms with E-state index in [1.165, 1.54) is 0 Å². The minimum absolute atomic E-state index is 0.371. The van der Waals surface area contributed by atoms with Crippen molar-refractivity contribution in [3.8, 4) is 5.75 Å². The van der Waals surface area contributed by atoms with E-state index in [1.807, 2.05) is 24.3 Å². The van der Waals surface area contributed by atoms with Gasteiger partial charge < -0.3 is 15.2 Å². The molecule has 0 aliphatic carbocycles. The molecule has 0 radical (unpaired) electrons. The third kappa shape index (κ3) is 3.20. The van der Waals surface area contributed by atoms with Gasteiger partial charge in [0.1, 0.15) is 18.0 Å². The highest BCUT2D eigenvalue weighted by atomic mass is 79.9. The summed E-state index contributed by atoms with van der Waals surface area (Å²) in [5.74, 6) is 0.801. The van der Waals surface area contributed by atoms with Gasteiger partial charge in [0.25, 0.3) is 0 Å². The van der Waals surface area contributed by atoms with Crippen LogP contribution in [-0.4, -0.2) is 30.4 Å². The van der Waals surface area contributed by atoms with Crippen molar-refractivity contribution in [3.63, 3.8) is 0 Å². The number of hydrogen-bond donors (Lipinski definition) is 2. The van der Waals surface area contributed by atoms with E-state index in [0.717, 1.165) is 36.2 Å². The summed E-state index contributed by atoms with van der Waals surface area (Å²) in [5.41, 5.74) is -0.668. The molecule has 0 unspecified atom stereocenters. The van der Waals surface area contributed by atoms with E-state index < -0.39 is 5.60 Å². The summed E-state index contributed by atoms with van der Waals surface area (Å²) in [4.78, 5) is 0. The Kier molecular flexibility index (Phi) is 3.84. The van der Waals surface area contributed by atoms with Crippen molar-refractivity contribution < 1.29 is 9.84 Å². The van der Waals surface area contributed by atoms with Gasteiger partial charge >= 0.3 is 0 Å². The van der Waals surface area contributed by atoms with E-state index in [0.29, 0.717) is 6.61 Å². The van der Waals surface area contributed by atoms with Crippen LogP contribution in [0, 0.1) is 0 Å². The highest BCUT2D eigenvalue weighted by Crippen LogP contribution is 2.21. The zero-order chi connectivity index (χ0) is 11.4. The average Bonchev–Trinajstić information content (AvgIpc) is 2.29. The standard InChI is InChI=1S/C12H16BrNO2/c13-10-1-3-11(4-2-10)16-9-12(15)5-7-14-8-6-12/h1-4,14-15H,5-9H2. The predicted octanol–water partition coefficient (Wildman–Crippen LogP) is 1.94. The Bertz CT molecular complexity index is 333. The summed E-state index contributed by atoms with van der Waals surface area (Å²) in [7, 11) is 0. The molecule has 2 rings (SSSR count). The predicted molar refractivity (Wildman–Crippen MR) is 66.7 cm³/mol. The van der Waals surface area contributed by atoms with Gasteiger partial charge in [0.15, 0.2) is 0 Å². The molecule has 1 aliphatic rings. The monoisotopic (exact) mass is 285 g/mol. The molecule has 3 nitrogen and oxygen atoms in total. The number of ether oxygens (including phenoxy) is 1. The summed E-state index contributed by atoms with van der Waals surface area (Å²) in [6.45, 7) is 2.09. The van der Waals surface area contributed by atoms with Crippen molar-refractivity contribution in [1.82, 2.24) is 5.32 Å². The Hall–Kier alpha value is -0.580. The highest BCUT2D eigenvalue weighted by Gasteiger charge is 2.29. The van der Waals surface area contributed by atoms with Gasteiger partial charge in [-0.1, -0.05) is 15.9 Å². The maximum atomic E-state index is 10.2. The lowest BCUT2D eigenvalue weighted by Crippen LogP contribution is -2.45. The lowest BCUT2D eigenvalue weighted by Gasteiger charge is -2.32. The maximum Gasteiger partial charge on any atom is 0.119 e. The van der Waals surface area contributed by atoms with Crippen molar-refractivity contribution in [1.29, 1.82) is 0 Å². The smallest absolute Gasteiger partial charge is 0.119 e. The van der Waals surface area contributed by atoms with Crippen LogP contribution < -0.4 is 10.1 Å². The van der Waals surface area contributed by atoms with Crippen LogP contribution in [0.5, 0.6) is 5.75 Å². The number of piperidine rings is 1. The lowest BCUT2D eigenvalue weighted by molar-refractivity contribution is -0.0286. The van der Waals surface area contributed by atoms with E-state index in [-0.39, 0.29) is 0 Å². The molecule has 4 heteroatoms. The van der Waals surface area contributed by atoms with Crippen LogP contribution in [0.3, 0.4) is 0 Å². The number of halogens is 1. The van der Waals surface area contributed by atoms with E-state index in [1.54, 1.807) is 0 Å².